The summed E-state index contributed by atoms with van der Waals surface area (Å²) in [6, 6.07) is 9.55. The van der Waals surface area contributed by atoms with Crippen LogP contribution in [-0.4, -0.2) is 25.1 Å². The van der Waals surface area contributed by atoms with Crippen LogP contribution in [0.25, 0.3) is 22.2 Å². The fourth-order valence-corrected chi connectivity index (χ4v) is 3.35. The maximum absolute atomic E-state index is 12.7. The quantitative estimate of drug-likeness (QED) is 0.453. The molecule has 0 spiro atoms. The Labute approximate surface area is 172 Å². The molecule has 2 aromatic heterocycles. The van der Waals surface area contributed by atoms with Gasteiger partial charge in [-0.2, -0.15) is 13.2 Å². The number of phenolic OH excluding ortho intramolecular Hbond substituents is 1. The molecule has 10 heteroatoms. The molecule has 1 N–H and O–H groups in total. The lowest BCUT2D eigenvalue weighted by molar-refractivity contribution is -0.137. The molecule has 2 aromatic carbocycles. The van der Waals surface area contributed by atoms with E-state index in [1.165, 1.54) is 22.9 Å². The predicted octanol–water partition coefficient (Wildman–Crippen LogP) is 5.57. The third-order valence-corrected chi connectivity index (χ3v) is 4.89. The van der Waals surface area contributed by atoms with Crippen LogP contribution in [0, 0.1) is 0 Å². The number of alkyl halides is 3. The molecule has 0 saturated carbocycles. The van der Waals surface area contributed by atoms with Gasteiger partial charge in [-0.05, 0) is 30.3 Å². The van der Waals surface area contributed by atoms with E-state index in [4.69, 9.17) is 23.2 Å². The Morgan fingerprint density at radius 1 is 1.00 bits per heavy atom. The van der Waals surface area contributed by atoms with Crippen molar-refractivity contribution < 1.29 is 18.3 Å². The first-order valence-electron chi connectivity index (χ1n) is 8.27. The Bertz CT molecular complexity index is 1210. The topological polar surface area (TPSA) is 63.8 Å². The van der Waals surface area contributed by atoms with E-state index in [0.29, 0.717) is 27.4 Å². The molecule has 148 valence electrons. The minimum Gasteiger partial charge on any atom is -0.504 e. The van der Waals surface area contributed by atoms with Gasteiger partial charge in [0.15, 0.2) is 5.75 Å². The van der Waals surface area contributed by atoms with Crippen molar-refractivity contribution in [2.45, 2.75) is 12.7 Å². The fourth-order valence-electron chi connectivity index (χ4n) is 2.84. The van der Waals surface area contributed by atoms with Gasteiger partial charge in [-0.3, -0.25) is 0 Å². The average Bonchev–Trinajstić information content (AvgIpc) is 3.14. The number of nitrogens with zero attached hydrogens (tertiary/aromatic N) is 4. The number of aromatic hydroxyl groups is 1. The van der Waals surface area contributed by atoms with Gasteiger partial charge in [-0.15, -0.1) is 5.10 Å². The van der Waals surface area contributed by atoms with Crippen LogP contribution >= 0.6 is 23.2 Å². The second-order valence-electron chi connectivity index (χ2n) is 6.26. The van der Waals surface area contributed by atoms with Gasteiger partial charge in [0.1, 0.15) is 11.2 Å². The Balaban J connectivity index is 1.60. The molecule has 4 rings (SSSR count). The van der Waals surface area contributed by atoms with Gasteiger partial charge in [0.25, 0.3) is 0 Å². The maximum Gasteiger partial charge on any atom is 0.416 e. The highest BCUT2D eigenvalue weighted by molar-refractivity contribution is 6.39. The standard InChI is InChI=1S/C19H11Cl2F3N4O/c20-14-7-15(21)18(29)17-13(14)6-5-12(25-17)8-28-9-16(26-27-28)10-1-3-11(4-2-10)19(22,23)24/h1-7,9,29H,8H2. The Kier molecular flexibility index (Phi) is 4.84. The van der Waals surface area contributed by atoms with E-state index in [0.717, 1.165) is 12.1 Å². The molecule has 0 bridgehead atoms. The van der Waals surface area contributed by atoms with Crippen molar-refractivity contribution >= 4 is 34.1 Å². The second-order valence-corrected chi connectivity index (χ2v) is 7.08. The van der Waals surface area contributed by atoms with E-state index in [1.807, 2.05) is 0 Å². The zero-order valence-electron chi connectivity index (χ0n) is 14.5. The van der Waals surface area contributed by atoms with E-state index in [2.05, 4.69) is 15.3 Å². The lowest BCUT2D eigenvalue weighted by Crippen LogP contribution is -2.04. The minimum atomic E-state index is -4.39. The average molecular weight is 439 g/mol. The van der Waals surface area contributed by atoms with Crippen molar-refractivity contribution in [3.63, 3.8) is 0 Å². The number of fused-ring (bicyclic) bond motifs is 1. The summed E-state index contributed by atoms with van der Waals surface area (Å²) in [5.74, 6) is -0.169. The van der Waals surface area contributed by atoms with Gasteiger partial charge in [-0.1, -0.05) is 40.5 Å². The fraction of sp³-hybridized carbons (Fsp3) is 0.105. The first-order chi connectivity index (χ1) is 13.7. The Morgan fingerprint density at radius 3 is 2.41 bits per heavy atom. The molecule has 2 heterocycles. The highest BCUT2D eigenvalue weighted by Gasteiger charge is 2.30. The normalized spacial score (nSPS) is 11.9. The summed E-state index contributed by atoms with van der Waals surface area (Å²) in [6.45, 7) is 0.229. The summed E-state index contributed by atoms with van der Waals surface area (Å²) >= 11 is 12.1. The summed E-state index contributed by atoms with van der Waals surface area (Å²) < 4.78 is 39.5. The van der Waals surface area contributed by atoms with E-state index in [-0.39, 0.29) is 22.8 Å². The van der Waals surface area contributed by atoms with Crippen LogP contribution < -0.4 is 0 Å². The number of rotatable bonds is 3. The lowest BCUT2D eigenvalue weighted by Gasteiger charge is -2.07. The zero-order valence-corrected chi connectivity index (χ0v) is 16.0. The first kappa shape index (κ1) is 19.5. The van der Waals surface area contributed by atoms with Crippen LogP contribution in [-0.2, 0) is 12.7 Å². The van der Waals surface area contributed by atoms with Gasteiger partial charge in [0.2, 0.25) is 0 Å². The number of benzene rings is 2. The molecular weight excluding hydrogens is 428 g/mol. The molecule has 4 aromatic rings. The zero-order chi connectivity index (χ0) is 20.8. The van der Waals surface area contributed by atoms with E-state index < -0.39 is 11.7 Å². The molecular formula is C19H11Cl2F3N4O. The third-order valence-electron chi connectivity index (χ3n) is 4.28. The van der Waals surface area contributed by atoms with Crippen molar-refractivity contribution in [1.82, 2.24) is 20.0 Å². The second kappa shape index (κ2) is 7.20. The molecule has 0 amide bonds. The molecule has 5 nitrogen and oxygen atoms in total. The van der Waals surface area contributed by atoms with Gasteiger partial charge >= 0.3 is 6.18 Å². The van der Waals surface area contributed by atoms with Crippen LogP contribution in [0.1, 0.15) is 11.3 Å². The van der Waals surface area contributed by atoms with Gasteiger partial charge in [0, 0.05) is 10.9 Å². The van der Waals surface area contributed by atoms with Crippen LogP contribution in [0.3, 0.4) is 0 Å². The Morgan fingerprint density at radius 2 is 1.72 bits per heavy atom. The summed E-state index contributed by atoms with van der Waals surface area (Å²) in [5.41, 5.74) is 1.03. The third kappa shape index (κ3) is 3.86. The first-order valence-corrected chi connectivity index (χ1v) is 9.02. The van der Waals surface area contributed by atoms with E-state index >= 15 is 0 Å². The van der Waals surface area contributed by atoms with Crippen LogP contribution in [0.4, 0.5) is 13.2 Å². The molecule has 0 aliphatic heterocycles. The number of hydrogen-bond acceptors (Lipinski definition) is 4. The van der Waals surface area contributed by atoms with Crippen LogP contribution in [0.5, 0.6) is 5.75 Å². The van der Waals surface area contributed by atoms with E-state index in [9.17, 15) is 18.3 Å². The number of phenols is 1. The monoisotopic (exact) mass is 438 g/mol. The largest absolute Gasteiger partial charge is 0.504 e. The van der Waals surface area contributed by atoms with Crippen LogP contribution in [0.2, 0.25) is 10.0 Å². The van der Waals surface area contributed by atoms with Gasteiger partial charge in [0.05, 0.1) is 34.0 Å². The summed E-state index contributed by atoms with van der Waals surface area (Å²) in [5, 5.41) is 19.1. The number of halogens is 5. The SMILES string of the molecule is Oc1c(Cl)cc(Cl)c2ccc(Cn3cc(-c4ccc(C(F)(F)F)cc4)nn3)nc12. The van der Waals surface area contributed by atoms with Crippen LogP contribution in [0.15, 0.2) is 48.7 Å². The lowest BCUT2D eigenvalue weighted by atomic mass is 10.1. The molecule has 0 radical (unpaired) electrons. The predicted molar refractivity (Wildman–Crippen MR) is 103 cm³/mol. The van der Waals surface area contributed by atoms with Gasteiger partial charge in [-0.25, -0.2) is 9.67 Å². The highest BCUT2D eigenvalue weighted by atomic mass is 35.5. The molecule has 0 fully saturated rings. The Hall–Kier alpha value is -2.84. The van der Waals surface area contributed by atoms with Crippen molar-refractivity contribution in [2.24, 2.45) is 0 Å². The van der Waals surface area contributed by atoms with Crippen molar-refractivity contribution in [2.75, 3.05) is 0 Å². The van der Waals surface area contributed by atoms with E-state index in [1.54, 1.807) is 18.3 Å². The number of aromatic nitrogens is 4. The minimum absolute atomic E-state index is 0.0949. The summed E-state index contributed by atoms with van der Waals surface area (Å²) in [4.78, 5) is 4.38. The molecule has 0 aliphatic carbocycles. The maximum atomic E-state index is 12.7. The summed E-state index contributed by atoms with van der Waals surface area (Å²) in [7, 11) is 0. The molecule has 0 atom stereocenters. The molecule has 0 aliphatic rings. The smallest absolute Gasteiger partial charge is 0.416 e. The summed E-state index contributed by atoms with van der Waals surface area (Å²) in [6.07, 6.45) is -2.80. The molecule has 29 heavy (non-hydrogen) atoms. The molecule has 0 saturated heterocycles. The number of pyridine rings is 1. The van der Waals surface area contributed by atoms with Crippen molar-refractivity contribution in [3.8, 4) is 17.0 Å². The molecule has 0 unspecified atom stereocenters. The van der Waals surface area contributed by atoms with Crippen molar-refractivity contribution in [1.29, 1.82) is 0 Å². The van der Waals surface area contributed by atoms with Gasteiger partial charge < -0.3 is 5.11 Å². The highest BCUT2D eigenvalue weighted by Crippen LogP contribution is 2.36. The number of hydrogen-bond donors (Lipinski definition) is 1. The van der Waals surface area contributed by atoms with Crippen molar-refractivity contribution in [3.05, 3.63) is 70.0 Å².